The summed E-state index contributed by atoms with van der Waals surface area (Å²) >= 11 is 4.50. The molecule has 1 saturated carbocycles. The Balaban J connectivity index is 1.40. The summed E-state index contributed by atoms with van der Waals surface area (Å²) in [5.41, 5.74) is 3.34. The molecule has 1 heterocycles. The van der Waals surface area contributed by atoms with Crippen molar-refractivity contribution in [2.24, 2.45) is 0 Å². The molecule has 0 aliphatic heterocycles. The topological polar surface area (TPSA) is 54.9 Å². The second-order valence-corrected chi connectivity index (χ2v) is 11.4. The van der Waals surface area contributed by atoms with E-state index in [0.717, 1.165) is 32.8 Å². The normalized spacial score (nSPS) is 14.6. The highest BCUT2D eigenvalue weighted by molar-refractivity contribution is 8.03. The molecule has 3 aromatic rings. The Kier molecular flexibility index (Phi) is 7.30. The quantitative estimate of drug-likeness (QED) is 0.375. The second-order valence-electron chi connectivity index (χ2n) is 7.85. The Morgan fingerprint density at radius 3 is 2.35 bits per heavy atom. The van der Waals surface area contributed by atoms with Gasteiger partial charge in [0.25, 0.3) is 0 Å². The number of nitrogens with one attached hydrogen (secondary N) is 1. The van der Waals surface area contributed by atoms with Crippen LogP contribution in [0.15, 0.2) is 57.2 Å². The zero-order valence-corrected chi connectivity index (χ0v) is 19.8. The van der Waals surface area contributed by atoms with Gasteiger partial charge in [-0.25, -0.2) is 4.39 Å². The molecule has 1 aliphatic rings. The molecular formula is C23H24FN3OS3. The van der Waals surface area contributed by atoms with Crippen molar-refractivity contribution < 1.29 is 9.18 Å². The number of thioether (sulfide) groups is 2. The summed E-state index contributed by atoms with van der Waals surface area (Å²) in [6.45, 7) is 4.38. The Bertz CT molecular complexity index is 1020. The van der Waals surface area contributed by atoms with E-state index in [-0.39, 0.29) is 17.8 Å². The van der Waals surface area contributed by atoms with Gasteiger partial charge in [0.15, 0.2) is 8.68 Å². The minimum absolute atomic E-state index is 0.0613. The molecule has 1 N–H and O–H groups in total. The van der Waals surface area contributed by atoms with Crippen molar-refractivity contribution in [1.82, 2.24) is 15.5 Å². The van der Waals surface area contributed by atoms with Gasteiger partial charge < -0.3 is 5.32 Å². The lowest BCUT2D eigenvalue weighted by Gasteiger charge is -2.15. The summed E-state index contributed by atoms with van der Waals surface area (Å²) in [5.74, 6) is 0.969. The van der Waals surface area contributed by atoms with Gasteiger partial charge in [0, 0.05) is 11.8 Å². The third kappa shape index (κ3) is 6.30. The number of hydrogen-bond acceptors (Lipinski definition) is 6. The lowest BCUT2D eigenvalue weighted by Crippen LogP contribution is -2.29. The zero-order chi connectivity index (χ0) is 21.8. The molecule has 4 nitrogen and oxygen atoms in total. The van der Waals surface area contributed by atoms with Gasteiger partial charge in [0.1, 0.15) is 11.1 Å². The van der Waals surface area contributed by atoms with Crippen LogP contribution >= 0.6 is 34.9 Å². The molecule has 1 aliphatic carbocycles. The van der Waals surface area contributed by atoms with Gasteiger partial charge in [0.2, 0.25) is 5.91 Å². The minimum Gasteiger partial charge on any atom is -0.352 e. The van der Waals surface area contributed by atoms with Crippen LogP contribution in [0.1, 0.15) is 54.5 Å². The molecule has 0 unspecified atom stereocenters. The lowest BCUT2D eigenvalue weighted by atomic mass is 10.0. The first-order valence-electron chi connectivity index (χ1n) is 10.3. The molecule has 0 saturated heterocycles. The molecule has 2 aromatic carbocycles. The number of nitrogens with zero attached hydrogens (tertiary/aromatic N) is 2. The van der Waals surface area contributed by atoms with Crippen molar-refractivity contribution in [3.8, 4) is 0 Å². The van der Waals surface area contributed by atoms with Gasteiger partial charge in [-0.2, -0.15) is 0 Å². The maximum Gasteiger partial charge on any atom is 0.238 e. The first-order valence-corrected chi connectivity index (χ1v) is 12.9. The van der Waals surface area contributed by atoms with Gasteiger partial charge in [-0.15, -0.1) is 10.2 Å². The van der Waals surface area contributed by atoms with Crippen molar-refractivity contribution in [1.29, 1.82) is 0 Å². The molecule has 1 atom stereocenters. The van der Waals surface area contributed by atoms with Gasteiger partial charge in [-0.3, -0.25) is 4.79 Å². The number of halogens is 1. The highest BCUT2D eigenvalue weighted by Crippen LogP contribution is 2.40. The van der Waals surface area contributed by atoms with E-state index in [4.69, 9.17) is 0 Å². The van der Waals surface area contributed by atoms with E-state index >= 15 is 0 Å². The van der Waals surface area contributed by atoms with Gasteiger partial charge >= 0.3 is 0 Å². The number of amides is 1. The van der Waals surface area contributed by atoms with E-state index in [0.29, 0.717) is 5.92 Å². The molecule has 0 spiro atoms. The summed E-state index contributed by atoms with van der Waals surface area (Å²) in [6, 6.07) is 15.0. The van der Waals surface area contributed by atoms with E-state index < -0.39 is 5.25 Å². The number of carbonyl (C=O) groups is 1. The predicted octanol–water partition coefficient (Wildman–Crippen LogP) is 6.20. The Labute approximate surface area is 194 Å². The fraction of sp³-hybridized carbons (Fsp3) is 0.348. The first kappa shape index (κ1) is 22.3. The second kappa shape index (κ2) is 10.1. The summed E-state index contributed by atoms with van der Waals surface area (Å²) in [6.07, 6.45) is 2.04. The monoisotopic (exact) mass is 473 g/mol. The molecule has 8 heteroatoms. The van der Waals surface area contributed by atoms with Crippen LogP contribution in [-0.4, -0.2) is 22.1 Å². The number of aromatic nitrogens is 2. The van der Waals surface area contributed by atoms with Crippen LogP contribution < -0.4 is 5.32 Å². The Morgan fingerprint density at radius 1 is 1.06 bits per heavy atom. The van der Waals surface area contributed by atoms with Crippen LogP contribution in [0.4, 0.5) is 4.39 Å². The molecule has 4 rings (SSSR count). The summed E-state index contributed by atoms with van der Waals surface area (Å²) in [7, 11) is 0. The van der Waals surface area contributed by atoms with E-state index in [9.17, 15) is 9.18 Å². The van der Waals surface area contributed by atoms with Crippen LogP contribution in [0.5, 0.6) is 0 Å². The summed E-state index contributed by atoms with van der Waals surface area (Å²) in [4.78, 5) is 12.8. The maximum absolute atomic E-state index is 13.4. The number of hydrogen-bond donors (Lipinski definition) is 1. The standard InChI is InChI=1S/C23H24FN3OS3/c1-14(2)16-5-3-15(4-6-16)13-29-22-26-27-23(31-22)30-20(21(28)25-19-11-12-19)17-7-9-18(24)10-8-17/h3-10,14,19-20H,11-13H2,1-2H3,(H,25,28)/t20-/m1/s1. The van der Waals surface area contributed by atoms with E-state index in [1.54, 1.807) is 23.9 Å². The largest absolute Gasteiger partial charge is 0.352 e. The van der Waals surface area contributed by atoms with E-state index in [1.165, 1.54) is 46.4 Å². The molecule has 162 valence electrons. The number of carbonyl (C=O) groups excluding carboxylic acids is 1. The molecule has 1 amide bonds. The van der Waals surface area contributed by atoms with E-state index in [1.807, 2.05) is 0 Å². The third-order valence-corrected chi connectivity index (χ3v) is 8.42. The third-order valence-electron chi connectivity index (χ3n) is 4.95. The highest BCUT2D eigenvalue weighted by Gasteiger charge is 2.30. The van der Waals surface area contributed by atoms with Crippen LogP contribution in [0, 0.1) is 5.82 Å². The number of rotatable bonds is 9. The van der Waals surface area contributed by atoms with Crippen molar-refractivity contribution in [2.45, 2.75) is 58.3 Å². The minimum atomic E-state index is -0.476. The van der Waals surface area contributed by atoms with Crippen LogP contribution in [0.25, 0.3) is 0 Å². The smallest absolute Gasteiger partial charge is 0.238 e. The molecule has 0 radical (unpaired) electrons. The van der Waals surface area contributed by atoms with Crippen molar-refractivity contribution >= 4 is 40.8 Å². The predicted molar refractivity (Wildman–Crippen MR) is 126 cm³/mol. The fourth-order valence-electron chi connectivity index (χ4n) is 2.96. The summed E-state index contributed by atoms with van der Waals surface area (Å²) < 4.78 is 15.0. The average Bonchev–Trinajstić information content (AvgIpc) is 3.46. The Morgan fingerprint density at radius 2 is 1.71 bits per heavy atom. The number of benzene rings is 2. The molecule has 31 heavy (non-hydrogen) atoms. The Hall–Kier alpha value is -1.90. The summed E-state index contributed by atoms with van der Waals surface area (Å²) in [5, 5.41) is 11.1. The van der Waals surface area contributed by atoms with Crippen LogP contribution in [0.3, 0.4) is 0 Å². The van der Waals surface area contributed by atoms with Crippen LogP contribution in [-0.2, 0) is 10.5 Å². The fourth-order valence-corrected chi connectivity index (χ4v) is 6.14. The average molecular weight is 474 g/mol. The van der Waals surface area contributed by atoms with Crippen molar-refractivity contribution in [2.75, 3.05) is 0 Å². The van der Waals surface area contributed by atoms with Gasteiger partial charge in [0.05, 0.1) is 0 Å². The zero-order valence-electron chi connectivity index (χ0n) is 17.4. The molecular weight excluding hydrogens is 449 g/mol. The molecule has 1 aromatic heterocycles. The molecule has 0 bridgehead atoms. The molecule has 1 fully saturated rings. The lowest BCUT2D eigenvalue weighted by molar-refractivity contribution is -0.120. The van der Waals surface area contributed by atoms with E-state index in [2.05, 4.69) is 53.6 Å². The highest BCUT2D eigenvalue weighted by atomic mass is 32.2. The van der Waals surface area contributed by atoms with Gasteiger partial charge in [-0.1, -0.05) is 85.1 Å². The van der Waals surface area contributed by atoms with Crippen molar-refractivity contribution in [3.05, 3.63) is 71.0 Å². The van der Waals surface area contributed by atoms with Crippen molar-refractivity contribution in [3.63, 3.8) is 0 Å². The SMILES string of the molecule is CC(C)c1ccc(CSc2nnc(S[C@@H](C(=O)NC3CC3)c3ccc(F)cc3)s2)cc1. The van der Waals surface area contributed by atoms with Gasteiger partial charge in [-0.05, 0) is 47.6 Å². The maximum atomic E-state index is 13.4. The van der Waals surface area contributed by atoms with Crippen LogP contribution in [0.2, 0.25) is 0 Å². The first-order chi connectivity index (χ1) is 15.0.